The standard InChI is InChI=1S/C7H12N4O2S/c1-6-4-10-7(11-5-6)9-2-3-14(8,12)13/h4-5H,2-3H2,1H3,(H2,8,12,13)(H,9,10,11). The van der Waals surface area contributed by atoms with Gasteiger partial charge in [-0.3, -0.25) is 0 Å². The summed E-state index contributed by atoms with van der Waals surface area (Å²) in [6.07, 6.45) is 3.29. The lowest BCUT2D eigenvalue weighted by Crippen LogP contribution is -2.22. The van der Waals surface area contributed by atoms with Crippen LogP contribution in [0.4, 0.5) is 5.95 Å². The largest absolute Gasteiger partial charge is 0.353 e. The third-order valence-electron chi connectivity index (χ3n) is 1.45. The Hall–Kier alpha value is -1.21. The van der Waals surface area contributed by atoms with Crippen molar-refractivity contribution in [3.63, 3.8) is 0 Å². The number of hydrogen-bond donors (Lipinski definition) is 2. The number of nitrogens with two attached hydrogens (primary N) is 1. The van der Waals surface area contributed by atoms with Crippen molar-refractivity contribution in [2.24, 2.45) is 5.14 Å². The van der Waals surface area contributed by atoms with Gasteiger partial charge in [0.2, 0.25) is 16.0 Å². The molecule has 0 saturated carbocycles. The first-order valence-electron chi connectivity index (χ1n) is 4.00. The first-order chi connectivity index (χ1) is 6.47. The van der Waals surface area contributed by atoms with Gasteiger partial charge >= 0.3 is 0 Å². The van der Waals surface area contributed by atoms with Gasteiger partial charge in [-0.2, -0.15) is 0 Å². The molecule has 0 bridgehead atoms. The molecule has 1 rings (SSSR count). The SMILES string of the molecule is Cc1cnc(NCCS(N)(=O)=O)nc1. The van der Waals surface area contributed by atoms with Crippen molar-refractivity contribution in [3.05, 3.63) is 18.0 Å². The van der Waals surface area contributed by atoms with Gasteiger partial charge in [-0.05, 0) is 12.5 Å². The number of anilines is 1. The number of primary sulfonamides is 1. The molecule has 0 radical (unpaired) electrons. The number of aromatic nitrogens is 2. The van der Waals surface area contributed by atoms with E-state index < -0.39 is 10.0 Å². The molecular weight excluding hydrogens is 204 g/mol. The van der Waals surface area contributed by atoms with E-state index in [1.807, 2.05) is 6.92 Å². The summed E-state index contributed by atoms with van der Waals surface area (Å²) in [6.45, 7) is 2.08. The number of rotatable bonds is 4. The Kier molecular flexibility index (Phi) is 3.37. The van der Waals surface area contributed by atoms with E-state index in [0.29, 0.717) is 5.95 Å². The molecule has 14 heavy (non-hydrogen) atoms. The molecule has 78 valence electrons. The van der Waals surface area contributed by atoms with Crippen LogP contribution >= 0.6 is 0 Å². The molecule has 6 nitrogen and oxygen atoms in total. The molecule has 0 aliphatic heterocycles. The van der Waals surface area contributed by atoms with Gasteiger partial charge in [0.1, 0.15) is 0 Å². The van der Waals surface area contributed by atoms with Crippen molar-refractivity contribution in [3.8, 4) is 0 Å². The average Bonchev–Trinajstić information content (AvgIpc) is 2.06. The van der Waals surface area contributed by atoms with Crippen LogP contribution in [0.2, 0.25) is 0 Å². The van der Waals surface area contributed by atoms with Crippen LogP contribution in [0.5, 0.6) is 0 Å². The van der Waals surface area contributed by atoms with Crippen LogP contribution in [0.15, 0.2) is 12.4 Å². The van der Waals surface area contributed by atoms with Gasteiger partial charge in [0.25, 0.3) is 0 Å². The zero-order valence-corrected chi connectivity index (χ0v) is 8.58. The Balaban J connectivity index is 2.43. The van der Waals surface area contributed by atoms with Crippen LogP contribution in [0.1, 0.15) is 5.56 Å². The van der Waals surface area contributed by atoms with E-state index in [9.17, 15) is 8.42 Å². The quantitative estimate of drug-likeness (QED) is 0.706. The van der Waals surface area contributed by atoms with Gasteiger partial charge in [-0.1, -0.05) is 0 Å². The van der Waals surface area contributed by atoms with Crippen LogP contribution in [-0.2, 0) is 10.0 Å². The molecule has 3 N–H and O–H groups in total. The summed E-state index contributed by atoms with van der Waals surface area (Å²) in [5.74, 6) is 0.267. The van der Waals surface area contributed by atoms with Gasteiger partial charge in [0.05, 0.1) is 5.75 Å². The Bertz CT molecular complexity index is 387. The maximum absolute atomic E-state index is 10.6. The molecular formula is C7H12N4O2S. The Labute approximate surface area is 82.6 Å². The highest BCUT2D eigenvalue weighted by Crippen LogP contribution is 1.97. The Morgan fingerprint density at radius 1 is 1.43 bits per heavy atom. The molecule has 0 aliphatic carbocycles. The second-order valence-corrected chi connectivity index (χ2v) is 4.61. The van der Waals surface area contributed by atoms with E-state index in [2.05, 4.69) is 15.3 Å². The number of nitrogens with zero attached hydrogens (tertiary/aromatic N) is 2. The van der Waals surface area contributed by atoms with Crippen LogP contribution in [0.25, 0.3) is 0 Å². The lowest BCUT2D eigenvalue weighted by atomic mass is 10.4. The van der Waals surface area contributed by atoms with Gasteiger partial charge in [0.15, 0.2) is 0 Å². The molecule has 1 heterocycles. The smallest absolute Gasteiger partial charge is 0.222 e. The lowest BCUT2D eigenvalue weighted by molar-refractivity contribution is 0.598. The summed E-state index contributed by atoms with van der Waals surface area (Å²) in [4.78, 5) is 7.88. The van der Waals surface area contributed by atoms with Gasteiger partial charge < -0.3 is 5.32 Å². The molecule has 1 aromatic heterocycles. The monoisotopic (exact) mass is 216 g/mol. The Morgan fingerprint density at radius 3 is 2.50 bits per heavy atom. The molecule has 0 aromatic carbocycles. The highest BCUT2D eigenvalue weighted by Gasteiger charge is 2.02. The topological polar surface area (TPSA) is 98.0 Å². The summed E-state index contributed by atoms with van der Waals surface area (Å²) in [5.41, 5.74) is 0.946. The predicted molar refractivity (Wildman–Crippen MR) is 53.2 cm³/mol. The first-order valence-corrected chi connectivity index (χ1v) is 5.72. The van der Waals surface area contributed by atoms with E-state index in [1.165, 1.54) is 0 Å². The summed E-state index contributed by atoms with van der Waals surface area (Å²) < 4.78 is 21.1. The van der Waals surface area contributed by atoms with Crippen molar-refractivity contribution in [2.45, 2.75) is 6.92 Å². The molecule has 0 unspecified atom stereocenters. The zero-order chi connectivity index (χ0) is 10.6. The number of sulfonamides is 1. The van der Waals surface area contributed by atoms with Crippen molar-refractivity contribution in [1.82, 2.24) is 9.97 Å². The molecule has 0 fully saturated rings. The van der Waals surface area contributed by atoms with Crippen molar-refractivity contribution in [2.75, 3.05) is 17.6 Å². The molecule has 0 saturated heterocycles. The Morgan fingerprint density at radius 2 is 2.00 bits per heavy atom. The average molecular weight is 216 g/mol. The maximum atomic E-state index is 10.6. The summed E-state index contributed by atoms with van der Waals surface area (Å²) in [6, 6.07) is 0. The summed E-state index contributed by atoms with van der Waals surface area (Å²) >= 11 is 0. The first kappa shape index (κ1) is 10.9. The fraction of sp³-hybridized carbons (Fsp3) is 0.429. The highest BCUT2D eigenvalue weighted by molar-refractivity contribution is 7.89. The maximum Gasteiger partial charge on any atom is 0.222 e. The number of aryl methyl sites for hydroxylation is 1. The van der Waals surface area contributed by atoms with Crippen molar-refractivity contribution in [1.29, 1.82) is 0 Å². The van der Waals surface area contributed by atoms with Crippen LogP contribution in [0.3, 0.4) is 0 Å². The second kappa shape index (κ2) is 4.34. The van der Waals surface area contributed by atoms with Crippen molar-refractivity contribution < 1.29 is 8.42 Å². The summed E-state index contributed by atoms with van der Waals surface area (Å²) in [5, 5.41) is 7.56. The highest BCUT2D eigenvalue weighted by atomic mass is 32.2. The molecule has 0 aliphatic rings. The zero-order valence-electron chi connectivity index (χ0n) is 7.77. The second-order valence-electron chi connectivity index (χ2n) is 2.88. The summed E-state index contributed by atoms with van der Waals surface area (Å²) in [7, 11) is -3.42. The van der Waals surface area contributed by atoms with Crippen molar-refractivity contribution >= 4 is 16.0 Å². The van der Waals surface area contributed by atoms with Crippen LogP contribution < -0.4 is 10.5 Å². The van der Waals surface area contributed by atoms with E-state index in [1.54, 1.807) is 12.4 Å². The predicted octanol–water partition coefficient (Wildman–Crippen LogP) is -0.515. The molecule has 0 atom stereocenters. The lowest BCUT2D eigenvalue weighted by Gasteiger charge is -2.02. The van der Waals surface area contributed by atoms with E-state index in [4.69, 9.17) is 5.14 Å². The molecule has 1 aromatic rings. The third kappa shape index (κ3) is 4.15. The van der Waals surface area contributed by atoms with Gasteiger partial charge in [0, 0.05) is 18.9 Å². The van der Waals surface area contributed by atoms with Crippen LogP contribution in [-0.4, -0.2) is 30.7 Å². The van der Waals surface area contributed by atoms with Gasteiger partial charge in [-0.25, -0.2) is 23.5 Å². The molecule has 7 heteroatoms. The molecule has 0 amide bonds. The number of nitrogens with one attached hydrogen (secondary N) is 1. The van der Waals surface area contributed by atoms with E-state index in [0.717, 1.165) is 5.56 Å². The van der Waals surface area contributed by atoms with E-state index in [-0.39, 0.29) is 12.3 Å². The fourth-order valence-electron chi connectivity index (χ4n) is 0.789. The minimum atomic E-state index is -3.42. The molecule has 0 spiro atoms. The van der Waals surface area contributed by atoms with Gasteiger partial charge in [-0.15, -0.1) is 0 Å². The third-order valence-corrected chi connectivity index (χ3v) is 2.22. The number of hydrogen-bond acceptors (Lipinski definition) is 5. The minimum Gasteiger partial charge on any atom is -0.353 e. The van der Waals surface area contributed by atoms with E-state index >= 15 is 0 Å². The normalized spacial score (nSPS) is 11.3. The minimum absolute atomic E-state index is 0.135. The fourth-order valence-corrected chi connectivity index (χ4v) is 1.18. The van der Waals surface area contributed by atoms with Crippen LogP contribution in [0, 0.1) is 6.92 Å².